The van der Waals surface area contributed by atoms with Crippen LogP contribution < -0.4 is 30.9 Å². The van der Waals surface area contributed by atoms with Crippen molar-refractivity contribution in [3.8, 4) is 5.75 Å². The molecule has 0 fully saturated rings. The van der Waals surface area contributed by atoms with Crippen molar-refractivity contribution >= 4 is 46.5 Å². The topological polar surface area (TPSA) is 124 Å². The molecule has 3 amide bonds. The molecule has 3 rings (SSSR count). The van der Waals surface area contributed by atoms with Gasteiger partial charge in [0.25, 0.3) is 0 Å². The van der Waals surface area contributed by atoms with E-state index in [2.05, 4.69) is 47.6 Å². The van der Waals surface area contributed by atoms with Crippen LogP contribution in [0.4, 0.5) is 39.3 Å². The van der Waals surface area contributed by atoms with Crippen LogP contribution in [0.2, 0.25) is 0 Å². The number of nitrogens with zero attached hydrogens (tertiary/aromatic N) is 4. The third-order valence-electron chi connectivity index (χ3n) is 5.23. The molecule has 1 heterocycles. The van der Waals surface area contributed by atoms with Gasteiger partial charge in [0.05, 0.1) is 12.8 Å². The molecule has 37 heavy (non-hydrogen) atoms. The zero-order valence-corrected chi connectivity index (χ0v) is 21.4. The highest BCUT2D eigenvalue weighted by Crippen LogP contribution is 2.31. The molecule has 11 nitrogen and oxygen atoms in total. The molecule has 194 valence electrons. The predicted octanol–water partition coefficient (Wildman–Crippen LogP) is 4.00. The van der Waals surface area contributed by atoms with E-state index >= 15 is 0 Å². The molecule has 1 aromatic heterocycles. The lowest BCUT2D eigenvalue weighted by Gasteiger charge is -2.22. The largest absolute Gasteiger partial charge is 0.494 e. The van der Waals surface area contributed by atoms with Crippen molar-refractivity contribution in [2.24, 2.45) is 0 Å². The number of carbonyl (C=O) groups is 2. The molecule has 0 unspecified atom stereocenters. The number of ether oxygens (including phenoxy) is 1. The molecular formula is C26H32N8O3. The van der Waals surface area contributed by atoms with Gasteiger partial charge in [0.15, 0.2) is 0 Å². The SMILES string of the molecule is C=CC(=O)Nc1cccc(NC(=O)Nc2ccnc(Nc3ccc(N(C)CCN(C)C)cc3OC)n2)c1. The summed E-state index contributed by atoms with van der Waals surface area (Å²) in [5.41, 5.74) is 2.73. The van der Waals surface area contributed by atoms with Crippen LogP contribution >= 0.6 is 0 Å². The summed E-state index contributed by atoms with van der Waals surface area (Å²) in [6, 6.07) is 13.6. The molecule has 0 aliphatic carbocycles. The van der Waals surface area contributed by atoms with Gasteiger partial charge in [0, 0.05) is 49.5 Å². The molecule has 11 heteroatoms. The van der Waals surface area contributed by atoms with Crippen LogP contribution in [0.5, 0.6) is 5.75 Å². The molecule has 0 aliphatic rings. The van der Waals surface area contributed by atoms with Gasteiger partial charge in [-0.15, -0.1) is 0 Å². The maximum atomic E-state index is 12.5. The number of rotatable bonds is 11. The molecule has 4 N–H and O–H groups in total. The first-order valence-electron chi connectivity index (χ1n) is 11.5. The first-order chi connectivity index (χ1) is 17.8. The normalized spacial score (nSPS) is 10.4. The van der Waals surface area contributed by atoms with E-state index < -0.39 is 6.03 Å². The average molecular weight is 505 g/mol. The number of carbonyl (C=O) groups excluding carboxylic acids is 2. The Hall–Kier alpha value is -4.64. The summed E-state index contributed by atoms with van der Waals surface area (Å²) >= 11 is 0. The van der Waals surface area contributed by atoms with Gasteiger partial charge >= 0.3 is 6.03 Å². The van der Waals surface area contributed by atoms with Crippen LogP contribution in [0.15, 0.2) is 67.4 Å². The number of hydrogen-bond acceptors (Lipinski definition) is 8. The van der Waals surface area contributed by atoms with E-state index in [0.29, 0.717) is 34.6 Å². The zero-order valence-electron chi connectivity index (χ0n) is 21.4. The molecule has 0 radical (unpaired) electrons. The fourth-order valence-electron chi connectivity index (χ4n) is 3.26. The Morgan fingerprint density at radius 2 is 1.76 bits per heavy atom. The summed E-state index contributed by atoms with van der Waals surface area (Å²) < 4.78 is 5.57. The number of benzene rings is 2. The highest BCUT2D eigenvalue weighted by Gasteiger charge is 2.11. The molecule has 0 saturated heterocycles. The van der Waals surface area contributed by atoms with E-state index in [-0.39, 0.29) is 5.91 Å². The number of amides is 3. The molecule has 0 saturated carbocycles. The summed E-state index contributed by atoms with van der Waals surface area (Å²) in [4.78, 5) is 36.9. The number of methoxy groups -OCH3 is 1. The van der Waals surface area contributed by atoms with Gasteiger partial charge in [-0.2, -0.15) is 4.98 Å². The lowest BCUT2D eigenvalue weighted by Crippen LogP contribution is -2.28. The Morgan fingerprint density at radius 1 is 1.00 bits per heavy atom. The van der Waals surface area contributed by atoms with Crippen molar-refractivity contribution < 1.29 is 14.3 Å². The molecule has 0 aliphatic heterocycles. The first-order valence-corrected chi connectivity index (χ1v) is 11.5. The van der Waals surface area contributed by atoms with Gasteiger partial charge in [-0.1, -0.05) is 12.6 Å². The van der Waals surface area contributed by atoms with Crippen molar-refractivity contribution in [2.75, 3.05) is 67.5 Å². The molecule has 2 aromatic carbocycles. The van der Waals surface area contributed by atoms with Crippen molar-refractivity contribution in [3.63, 3.8) is 0 Å². The third kappa shape index (κ3) is 8.22. The fraction of sp³-hybridized carbons (Fsp3) is 0.231. The van der Waals surface area contributed by atoms with Gasteiger partial charge in [-0.25, -0.2) is 9.78 Å². The Labute approximate surface area is 216 Å². The summed E-state index contributed by atoms with van der Waals surface area (Å²) in [7, 11) is 7.71. The monoisotopic (exact) mass is 504 g/mol. The highest BCUT2D eigenvalue weighted by molar-refractivity contribution is 6.01. The standard InChI is InChI=1S/C26H32N8O3/c1-6-24(35)28-18-8-7-9-19(16-18)29-26(36)32-23-12-13-27-25(31-23)30-21-11-10-20(17-22(21)37-5)34(4)15-14-33(2)3/h6-13,16-17H,1,14-15H2,2-5H3,(H,28,35)(H3,27,29,30,31,32,36). The summed E-state index contributed by atoms with van der Waals surface area (Å²) in [6.07, 6.45) is 2.70. The lowest BCUT2D eigenvalue weighted by molar-refractivity contribution is -0.111. The summed E-state index contributed by atoms with van der Waals surface area (Å²) in [5.74, 6) is 0.881. The third-order valence-corrected chi connectivity index (χ3v) is 5.23. The zero-order chi connectivity index (χ0) is 26.8. The minimum absolute atomic E-state index is 0.291. The highest BCUT2D eigenvalue weighted by atomic mass is 16.5. The van der Waals surface area contributed by atoms with E-state index in [9.17, 15) is 9.59 Å². The van der Waals surface area contributed by atoms with Crippen molar-refractivity contribution in [1.82, 2.24) is 14.9 Å². The van der Waals surface area contributed by atoms with Crippen LogP contribution in [0.3, 0.4) is 0 Å². The molecule has 0 bridgehead atoms. The maximum absolute atomic E-state index is 12.5. The van der Waals surface area contributed by atoms with E-state index in [1.165, 1.54) is 12.3 Å². The second-order valence-electron chi connectivity index (χ2n) is 8.35. The minimum Gasteiger partial charge on any atom is -0.494 e. The Kier molecular flexibility index (Phi) is 9.39. The van der Waals surface area contributed by atoms with Crippen LogP contribution in [-0.2, 0) is 4.79 Å². The Morgan fingerprint density at radius 3 is 2.46 bits per heavy atom. The van der Waals surface area contributed by atoms with Gasteiger partial charge < -0.3 is 30.5 Å². The Balaban J connectivity index is 1.65. The van der Waals surface area contributed by atoms with Crippen LogP contribution in [0.25, 0.3) is 0 Å². The molecule has 0 atom stereocenters. The van der Waals surface area contributed by atoms with E-state index in [4.69, 9.17) is 4.74 Å². The average Bonchev–Trinajstić information content (AvgIpc) is 2.87. The first kappa shape index (κ1) is 27.0. The number of likely N-dealkylation sites (N-methyl/N-ethyl adjacent to an activating group) is 2. The molecular weight excluding hydrogens is 472 g/mol. The van der Waals surface area contributed by atoms with Gasteiger partial charge in [0.2, 0.25) is 11.9 Å². The van der Waals surface area contributed by atoms with Gasteiger partial charge in [0.1, 0.15) is 11.6 Å². The number of nitrogens with one attached hydrogen (secondary N) is 4. The predicted molar refractivity (Wildman–Crippen MR) is 148 cm³/mol. The quantitative estimate of drug-likeness (QED) is 0.289. The van der Waals surface area contributed by atoms with Crippen molar-refractivity contribution in [2.45, 2.75) is 0 Å². The van der Waals surface area contributed by atoms with Gasteiger partial charge in [-0.3, -0.25) is 10.1 Å². The molecule has 0 spiro atoms. The minimum atomic E-state index is -0.500. The second kappa shape index (κ2) is 12.9. The fourth-order valence-corrected chi connectivity index (χ4v) is 3.26. The van der Waals surface area contributed by atoms with Crippen LogP contribution in [0, 0.1) is 0 Å². The Bertz CT molecular complexity index is 1250. The number of urea groups is 1. The second-order valence-corrected chi connectivity index (χ2v) is 8.35. The lowest BCUT2D eigenvalue weighted by atomic mass is 10.2. The van der Waals surface area contributed by atoms with E-state index in [1.54, 1.807) is 37.4 Å². The number of hydrogen-bond donors (Lipinski definition) is 4. The van der Waals surface area contributed by atoms with Crippen LogP contribution in [-0.4, -0.2) is 68.1 Å². The van der Waals surface area contributed by atoms with Gasteiger partial charge in [-0.05, 0) is 56.6 Å². The molecule has 3 aromatic rings. The smallest absolute Gasteiger partial charge is 0.324 e. The maximum Gasteiger partial charge on any atom is 0.324 e. The van der Waals surface area contributed by atoms with E-state index in [0.717, 1.165) is 18.8 Å². The number of anilines is 6. The van der Waals surface area contributed by atoms with E-state index in [1.807, 2.05) is 39.3 Å². The van der Waals surface area contributed by atoms with Crippen LogP contribution in [0.1, 0.15) is 0 Å². The summed E-state index contributed by atoms with van der Waals surface area (Å²) in [5, 5.41) is 11.2. The van der Waals surface area contributed by atoms with Crippen molar-refractivity contribution in [1.29, 1.82) is 0 Å². The van der Waals surface area contributed by atoms with Crippen molar-refractivity contribution in [3.05, 3.63) is 67.4 Å². The number of aromatic nitrogens is 2. The summed E-state index contributed by atoms with van der Waals surface area (Å²) in [6.45, 7) is 5.22.